The van der Waals surface area contributed by atoms with Crippen molar-refractivity contribution in [2.24, 2.45) is 4.99 Å². The lowest BCUT2D eigenvalue weighted by Gasteiger charge is -2.01. The van der Waals surface area contributed by atoms with Gasteiger partial charge < -0.3 is 9.47 Å². The second kappa shape index (κ2) is 18.8. The van der Waals surface area contributed by atoms with E-state index in [2.05, 4.69) is 41.6 Å². The molecule has 0 aliphatic heterocycles. The minimum atomic E-state index is -0.429. The van der Waals surface area contributed by atoms with Crippen LogP contribution in [0.5, 0.6) is 0 Å². The third kappa shape index (κ3) is 16.0. The van der Waals surface area contributed by atoms with Gasteiger partial charge in [-0.2, -0.15) is 4.99 Å². The Bertz CT molecular complexity index is 909. The van der Waals surface area contributed by atoms with Gasteiger partial charge in [0, 0.05) is 33.9 Å². The van der Waals surface area contributed by atoms with Gasteiger partial charge in [-0.1, -0.05) is 50.1 Å². The van der Waals surface area contributed by atoms with E-state index in [0.29, 0.717) is 30.2 Å². The number of nitrogens with zero attached hydrogens (tertiary/aromatic N) is 1. The number of hydrogen-bond acceptors (Lipinski definition) is 5. The van der Waals surface area contributed by atoms with E-state index in [1.807, 2.05) is 26.0 Å². The number of amides is 1. The highest BCUT2D eigenvalue weighted by atomic mass is 79.9. The zero-order valence-electron chi connectivity index (χ0n) is 18.2. The van der Waals surface area contributed by atoms with Crippen LogP contribution in [-0.4, -0.2) is 36.2 Å². The maximum absolute atomic E-state index is 11.6. The van der Waals surface area contributed by atoms with E-state index in [-0.39, 0.29) is 24.2 Å². The Kier molecular flexibility index (Phi) is 19.1. The molecular formula is C22H26Br2Cl2N2O4. The predicted octanol–water partition coefficient (Wildman–Crippen LogP) is 7.31. The average molecular weight is 613 g/mol. The molecule has 0 aliphatic carbocycles. The highest BCUT2D eigenvalue weighted by molar-refractivity contribution is 9.10. The summed E-state index contributed by atoms with van der Waals surface area (Å²) in [5.74, 6) is 0.391. The minimum absolute atomic E-state index is 0. The standard InChI is InChI=1S/C11H12BrNO2.C7H4BrClO.C4H9NO.ClH/c1-3-15-8(2)13-11(14)9-5-4-6-10(12)7-9;8-6-3-1-2-5(4-6)7(9)10;1-3-6-4(2)5;/h4-7H,3H2,1-2H3;1-4H;5H,3H2,1-2H3;1H. The van der Waals surface area contributed by atoms with Crippen molar-refractivity contribution < 1.29 is 19.1 Å². The largest absolute Gasteiger partial charge is 0.482 e. The Morgan fingerprint density at radius 1 is 0.938 bits per heavy atom. The first-order valence-electron chi connectivity index (χ1n) is 9.21. The smallest absolute Gasteiger partial charge is 0.280 e. The van der Waals surface area contributed by atoms with Crippen molar-refractivity contribution in [3.63, 3.8) is 0 Å². The van der Waals surface area contributed by atoms with Crippen LogP contribution in [0.4, 0.5) is 0 Å². The zero-order chi connectivity index (χ0) is 23.8. The van der Waals surface area contributed by atoms with E-state index in [9.17, 15) is 9.59 Å². The van der Waals surface area contributed by atoms with E-state index in [4.69, 9.17) is 21.7 Å². The highest BCUT2D eigenvalue weighted by Gasteiger charge is 2.05. The van der Waals surface area contributed by atoms with E-state index in [0.717, 1.165) is 8.95 Å². The number of aliphatic imine (C=N–C) groups is 1. The molecule has 0 aliphatic rings. The fourth-order valence-electron chi connectivity index (χ4n) is 1.90. The Balaban J connectivity index is 0. The molecule has 0 fully saturated rings. The van der Waals surface area contributed by atoms with E-state index in [1.54, 1.807) is 50.2 Å². The van der Waals surface area contributed by atoms with Gasteiger partial charge >= 0.3 is 0 Å². The summed E-state index contributed by atoms with van der Waals surface area (Å²) in [5, 5.41) is 6.24. The van der Waals surface area contributed by atoms with E-state index < -0.39 is 5.24 Å². The summed E-state index contributed by atoms with van der Waals surface area (Å²) in [6.07, 6.45) is 0. The van der Waals surface area contributed by atoms with Crippen LogP contribution in [-0.2, 0) is 9.47 Å². The molecule has 0 aromatic heterocycles. The van der Waals surface area contributed by atoms with Crippen molar-refractivity contribution in [3.8, 4) is 0 Å². The summed E-state index contributed by atoms with van der Waals surface area (Å²) in [7, 11) is 0. The monoisotopic (exact) mass is 610 g/mol. The number of benzene rings is 2. The molecule has 1 amide bonds. The molecule has 0 saturated carbocycles. The molecule has 1 N–H and O–H groups in total. The van der Waals surface area contributed by atoms with Gasteiger partial charge in [0.25, 0.3) is 11.1 Å². The summed E-state index contributed by atoms with van der Waals surface area (Å²) in [6.45, 7) is 8.11. The lowest BCUT2D eigenvalue weighted by Crippen LogP contribution is -2.04. The summed E-state index contributed by atoms with van der Waals surface area (Å²) < 4.78 is 11.4. The maximum Gasteiger partial charge on any atom is 0.280 e. The van der Waals surface area contributed by atoms with Crippen molar-refractivity contribution in [1.82, 2.24) is 0 Å². The lowest BCUT2D eigenvalue weighted by atomic mass is 10.2. The van der Waals surface area contributed by atoms with Gasteiger partial charge in [0.05, 0.1) is 13.2 Å². The molecule has 2 aromatic carbocycles. The van der Waals surface area contributed by atoms with Crippen molar-refractivity contribution in [2.45, 2.75) is 27.7 Å². The summed E-state index contributed by atoms with van der Waals surface area (Å²) in [5.41, 5.74) is 1.06. The quantitative estimate of drug-likeness (QED) is 0.223. The number of halogens is 4. The van der Waals surface area contributed by atoms with Crippen LogP contribution in [0.25, 0.3) is 0 Å². The van der Waals surface area contributed by atoms with E-state index >= 15 is 0 Å². The second-order valence-electron chi connectivity index (χ2n) is 5.65. The number of hydrogen-bond donors (Lipinski definition) is 1. The van der Waals surface area contributed by atoms with Gasteiger partial charge in [0.15, 0.2) is 11.8 Å². The first kappa shape index (κ1) is 32.4. The van der Waals surface area contributed by atoms with Gasteiger partial charge in [-0.15, -0.1) is 12.4 Å². The predicted molar refractivity (Wildman–Crippen MR) is 140 cm³/mol. The Labute approximate surface area is 216 Å². The van der Waals surface area contributed by atoms with Gasteiger partial charge in [-0.3, -0.25) is 15.0 Å². The molecule has 0 radical (unpaired) electrons. The number of rotatable bonds is 4. The molecule has 0 unspecified atom stereocenters. The molecule has 0 atom stereocenters. The van der Waals surface area contributed by atoms with Crippen molar-refractivity contribution in [2.75, 3.05) is 13.2 Å². The van der Waals surface area contributed by atoms with Crippen molar-refractivity contribution in [3.05, 3.63) is 68.6 Å². The molecule has 176 valence electrons. The fourth-order valence-corrected chi connectivity index (χ4v) is 2.81. The van der Waals surface area contributed by atoms with Gasteiger partial charge in [-0.25, -0.2) is 0 Å². The van der Waals surface area contributed by atoms with Crippen LogP contribution in [0.2, 0.25) is 0 Å². The van der Waals surface area contributed by atoms with Gasteiger partial charge in [0.2, 0.25) is 0 Å². The molecule has 10 heteroatoms. The number of carbonyl (C=O) groups is 2. The van der Waals surface area contributed by atoms with Crippen LogP contribution in [0.1, 0.15) is 48.4 Å². The third-order valence-corrected chi connectivity index (χ3v) is 4.30. The Morgan fingerprint density at radius 2 is 1.41 bits per heavy atom. The molecule has 0 heterocycles. The third-order valence-electron chi connectivity index (χ3n) is 3.10. The topological polar surface area (TPSA) is 88.8 Å². The van der Waals surface area contributed by atoms with Crippen LogP contribution in [0.15, 0.2) is 62.5 Å². The maximum atomic E-state index is 11.6. The number of nitrogens with one attached hydrogen (secondary N) is 1. The first-order chi connectivity index (χ1) is 14.6. The number of carbonyl (C=O) groups excluding carboxylic acids is 2. The van der Waals surface area contributed by atoms with Crippen LogP contribution in [0.3, 0.4) is 0 Å². The van der Waals surface area contributed by atoms with Crippen molar-refractivity contribution in [1.29, 1.82) is 5.41 Å². The lowest BCUT2D eigenvalue weighted by molar-refractivity contribution is 0.0998. The Morgan fingerprint density at radius 3 is 1.75 bits per heavy atom. The molecule has 0 saturated heterocycles. The molecule has 0 spiro atoms. The molecule has 2 rings (SSSR count). The summed E-state index contributed by atoms with van der Waals surface area (Å²) in [6, 6.07) is 14.0. The first-order valence-corrected chi connectivity index (χ1v) is 11.2. The molecule has 0 bridgehead atoms. The van der Waals surface area contributed by atoms with Crippen molar-refractivity contribution >= 4 is 78.8 Å². The Hall–Kier alpha value is -1.74. The summed E-state index contributed by atoms with van der Waals surface area (Å²) in [4.78, 5) is 25.9. The fraction of sp³-hybridized carbons (Fsp3) is 0.273. The summed E-state index contributed by atoms with van der Waals surface area (Å²) >= 11 is 11.7. The van der Waals surface area contributed by atoms with Crippen LogP contribution in [0, 0.1) is 5.41 Å². The van der Waals surface area contributed by atoms with Gasteiger partial charge in [-0.05, 0) is 55.8 Å². The SMILES string of the molecule is CCOC(C)=N.CCOC(C)=NC(=O)c1cccc(Br)c1.Cl.O=C(Cl)c1cccc(Br)c1. The normalized spacial score (nSPS) is 9.66. The molecule has 2 aromatic rings. The number of ether oxygens (including phenoxy) is 2. The molecule has 6 nitrogen and oxygen atoms in total. The molecular weight excluding hydrogens is 587 g/mol. The zero-order valence-corrected chi connectivity index (χ0v) is 22.9. The minimum Gasteiger partial charge on any atom is -0.482 e. The van der Waals surface area contributed by atoms with Crippen LogP contribution >= 0.6 is 55.9 Å². The average Bonchev–Trinajstić information content (AvgIpc) is 2.69. The highest BCUT2D eigenvalue weighted by Crippen LogP contribution is 2.13. The molecule has 32 heavy (non-hydrogen) atoms. The van der Waals surface area contributed by atoms with Crippen LogP contribution < -0.4 is 0 Å². The van der Waals surface area contributed by atoms with E-state index in [1.165, 1.54) is 0 Å². The van der Waals surface area contributed by atoms with Gasteiger partial charge in [0.1, 0.15) is 0 Å². The second-order valence-corrected chi connectivity index (χ2v) is 7.83.